The van der Waals surface area contributed by atoms with Gasteiger partial charge in [-0.25, -0.2) is 8.42 Å². The van der Waals surface area contributed by atoms with Crippen molar-refractivity contribution in [2.45, 2.75) is 4.90 Å². The number of amides is 1. The number of carbonyl (C=O) groups is 1. The number of carbonyl (C=O) groups excluding carboxylic acids is 1. The van der Waals surface area contributed by atoms with E-state index in [1.54, 1.807) is 0 Å². The van der Waals surface area contributed by atoms with Crippen LogP contribution in [0.25, 0.3) is 0 Å². The monoisotopic (exact) mass is 325 g/mol. The number of halogens is 1. The van der Waals surface area contributed by atoms with Crippen LogP contribution in [0.4, 0.5) is 5.69 Å². The second-order valence-electron chi connectivity index (χ2n) is 4.41. The molecule has 2 N–H and O–H groups in total. The van der Waals surface area contributed by atoms with Crippen LogP contribution < -0.4 is 5.32 Å². The number of benzene rings is 2. The van der Waals surface area contributed by atoms with Crippen molar-refractivity contribution < 1.29 is 18.3 Å². The van der Waals surface area contributed by atoms with Crippen molar-refractivity contribution in [1.82, 2.24) is 0 Å². The Morgan fingerprint density at radius 1 is 1.14 bits per heavy atom. The SMILES string of the molecule is CS(=O)(=O)c1ccc(NC(=O)c2cc(O)ccc2Cl)cc1. The van der Waals surface area contributed by atoms with Gasteiger partial charge in [0.05, 0.1) is 15.5 Å². The molecule has 2 aromatic carbocycles. The van der Waals surface area contributed by atoms with Gasteiger partial charge in [0.1, 0.15) is 5.75 Å². The minimum atomic E-state index is -3.28. The first-order valence-corrected chi connectivity index (χ1v) is 8.14. The van der Waals surface area contributed by atoms with Gasteiger partial charge in [0.2, 0.25) is 0 Å². The summed E-state index contributed by atoms with van der Waals surface area (Å²) in [6, 6.07) is 9.79. The Morgan fingerprint density at radius 2 is 1.76 bits per heavy atom. The molecule has 2 rings (SSSR count). The zero-order valence-corrected chi connectivity index (χ0v) is 12.6. The maximum Gasteiger partial charge on any atom is 0.257 e. The second kappa shape index (κ2) is 5.75. The number of hydrogen-bond acceptors (Lipinski definition) is 4. The van der Waals surface area contributed by atoms with E-state index in [9.17, 15) is 18.3 Å². The van der Waals surface area contributed by atoms with Gasteiger partial charge in [-0.1, -0.05) is 11.6 Å². The highest BCUT2D eigenvalue weighted by atomic mass is 35.5. The average molecular weight is 326 g/mol. The van der Waals surface area contributed by atoms with Crippen molar-refractivity contribution in [3.63, 3.8) is 0 Å². The summed E-state index contributed by atoms with van der Waals surface area (Å²) in [6.07, 6.45) is 1.10. The van der Waals surface area contributed by atoms with Gasteiger partial charge in [0, 0.05) is 11.9 Å². The number of anilines is 1. The predicted octanol–water partition coefficient (Wildman–Crippen LogP) is 2.70. The van der Waals surface area contributed by atoms with E-state index >= 15 is 0 Å². The molecule has 0 heterocycles. The van der Waals surface area contributed by atoms with E-state index in [2.05, 4.69) is 5.32 Å². The standard InChI is InChI=1S/C14H12ClNO4S/c1-21(19,20)11-5-2-9(3-6-11)16-14(18)12-8-10(17)4-7-13(12)15/h2-8,17H,1H3,(H,16,18). The highest BCUT2D eigenvalue weighted by molar-refractivity contribution is 7.90. The lowest BCUT2D eigenvalue weighted by atomic mass is 10.2. The van der Waals surface area contributed by atoms with Crippen molar-refractivity contribution in [2.75, 3.05) is 11.6 Å². The summed E-state index contributed by atoms with van der Waals surface area (Å²) >= 11 is 5.89. The molecule has 0 aliphatic heterocycles. The highest BCUT2D eigenvalue weighted by Gasteiger charge is 2.12. The fraction of sp³-hybridized carbons (Fsp3) is 0.0714. The van der Waals surface area contributed by atoms with E-state index in [1.165, 1.54) is 42.5 Å². The first kappa shape index (κ1) is 15.3. The molecule has 0 aromatic heterocycles. The Hall–Kier alpha value is -2.05. The fourth-order valence-electron chi connectivity index (χ4n) is 1.67. The molecule has 0 aliphatic carbocycles. The third kappa shape index (κ3) is 3.74. The summed E-state index contributed by atoms with van der Waals surface area (Å²) in [5.41, 5.74) is 0.552. The number of phenolic OH excluding ortho intramolecular Hbond substituents is 1. The van der Waals surface area contributed by atoms with Crippen LogP contribution in [0.5, 0.6) is 5.75 Å². The quantitative estimate of drug-likeness (QED) is 0.908. The molecule has 21 heavy (non-hydrogen) atoms. The first-order valence-electron chi connectivity index (χ1n) is 5.87. The fourth-order valence-corrected chi connectivity index (χ4v) is 2.51. The summed E-state index contributed by atoms with van der Waals surface area (Å²) < 4.78 is 22.7. The minimum absolute atomic E-state index is 0.0722. The van der Waals surface area contributed by atoms with Gasteiger partial charge in [-0.3, -0.25) is 4.79 Å². The molecule has 7 heteroatoms. The highest BCUT2D eigenvalue weighted by Crippen LogP contribution is 2.22. The van der Waals surface area contributed by atoms with Crippen molar-refractivity contribution in [3.8, 4) is 5.75 Å². The summed E-state index contributed by atoms with van der Waals surface area (Å²) in [6.45, 7) is 0. The van der Waals surface area contributed by atoms with Gasteiger partial charge in [-0.05, 0) is 42.5 Å². The molecule has 5 nitrogen and oxygen atoms in total. The molecule has 110 valence electrons. The molecule has 0 bridgehead atoms. The molecule has 0 spiro atoms. The minimum Gasteiger partial charge on any atom is -0.508 e. The number of hydrogen-bond donors (Lipinski definition) is 2. The largest absolute Gasteiger partial charge is 0.508 e. The van der Waals surface area contributed by atoms with Crippen LogP contribution in [-0.2, 0) is 9.84 Å². The van der Waals surface area contributed by atoms with Gasteiger partial charge in [-0.15, -0.1) is 0 Å². The van der Waals surface area contributed by atoms with E-state index in [1.807, 2.05) is 0 Å². The number of rotatable bonds is 3. The average Bonchev–Trinajstić information content (AvgIpc) is 2.41. The molecule has 0 saturated carbocycles. The van der Waals surface area contributed by atoms with Gasteiger partial charge < -0.3 is 10.4 Å². The molecule has 0 atom stereocenters. The Labute approximate surface area is 127 Å². The Balaban J connectivity index is 2.22. The van der Waals surface area contributed by atoms with Crippen LogP contribution in [-0.4, -0.2) is 25.7 Å². The van der Waals surface area contributed by atoms with Crippen molar-refractivity contribution in [3.05, 3.63) is 53.1 Å². The molecule has 0 saturated heterocycles. The summed E-state index contributed by atoms with van der Waals surface area (Å²) in [5.74, 6) is -0.569. The van der Waals surface area contributed by atoms with Crippen LogP contribution in [0.15, 0.2) is 47.4 Å². The molecule has 0 aliphatic rings. The van der Waals surface area contributed by atoms with Gasteiger partial charge in [-0.2, -0.15) is 0 Å². The summed E-state index contributed by atoms with van der Waals surface area (Å²) in [4.78, 5) is 12.2. The predicted molar refractivity (Wildman–Crippen MR) is 80.6 cm³/mol. The molecule has 0 fully saturated rings. The van der Waals surface area contributed by atoms with Crippen LogP contribution in [0.1, 0.15) is 10.4 Å². The first-order chi connectivity index (χ1) is 9.77. The van der Waals surface area contributed by atoms with Crippen molar-refractivity contribution >= 4 is 33.0 Å². The smallest absolute Gasteiger partial charge is 0.257 e. The topological polar surface area (TPSA) is 83.5 Å². The Kier molecular flexibility index (Phi) is 4.20. The van der Waals surface area contributed by atoms with E-state index in [-0.39, 0.29) is 21.2 Å². The van der Waals surface area contributed by atoms with Crippen LogP contribution in [0, 0.1) is 0 Å². The lowest BCUT2D eigenvalue weighted by molar-refractivity contribution is 0.102. The number of nitrogens with one attached hydrogen (secondary N) is 1. The molecule has 0 unspecified atom stereocenters. The maximum absolute atomic E-state index is 12.0. The molecule has 2 aromatic rings. The third-order valence-corrected chi connectivity index (χ3v) is 4.19. The molecule has 1 amide bonds. The van der Waals surface area contributed by atoms with E-state index < -0.39 is 15.7 Å². The molecular weight excluding hydrogens is 314 g/mol. The lowest BCUT2D eigenvalue weighted by Crippen LogP contribution is -2.12. The summed E-state index contributed by atoms with van der Waals surface area (Å²) in [5, 5.41) is 12.2. The number of aromatic hydroxyl groups is 1. The number of sulfone groups is 1. The Morgan fingerprint density at radius 3 is 2.33 bits per heavy atom. The normalized spacial score (nSPS) is 11.1. The lowest BCUT2D eigenvalue weighted by Gasteiger charge is -2.08. The molecule has 0 radical (unpaired) electrons. The van der Waals surface area contributed by atoms with Crippen LogP contribution in [0.2, 0.25) is 5.02 Å². The Bertz CT molecular complexity index is 785. The van der Waals surface area contributed by atoms with E-state index in [0.29, 0.717) is 5.69 Å². The van der Waals surface area contributed by atoms with Crippen molar-refractivity contribution in [2.24, 2.45) is 0 Å². The van der Waals surface area contributed by atoms with Crippen LogP contribution in [0.3, 0.4) is 0 Å². The zero-order chi connectivity index (χ0) is 15.6. The van der Waals surface area contributed by atoms with Gasteiger partial charge in [0.15, 0.2) is 9.84 Å². The third-order valence-electron chi connectivity index (χ3n) is 2.73. The zero-order valence-electron chi connectivity index (χ0n) is 11.0. The van der Waals surface area contributed by atoms with Gasteiger partial charge >= 0.3 is 0 Å². The van der Waals surface area contributed by atoms with Gasteiger partial charge in [0.25, 0.3) is 5.91 Å². The van der Waals surface area contributed by atoms with E-state index in [4.69, 9.17) is 11.6 Å². The van der Waals surface area contributed by atoms with E-state index in [0.717, 1.165) is 6.26 Å². The molecular formula is C14H12ClNO4S. The maximum atomic E-state index is 12.0. The van der Waals surface area contributed by atoms with Crippen LogP contribution >= 0.6 is 11.6 Å². The second-order valence-corrected chi connectivity index (χ2v) is 6.84. The number of phenols is 1. The van der Waals surface area contributed by atoms with Crippen molar-refractivity contribution in [1.29, 1.82) is 0 Å². The summed E-state index contributed by atoms with van der Waals surface area (Å²) in [7, 11) is -3.28.